The number of rotatable bonds is 5. The Hall–Kier alpha value is -2.86. The number of benzene rings is 1. The number of imidazole rings is 1. The summed E-state index contributed by atoms with van der Waals surface area (Å²) in [5.74, 6) is 0.845. The molecule has 0 amide bonds. The van der Waals surface area contributed by atoms with Crippen LogP contribution >= 0.6 is 0 Å². The highest BCUT2D eigenvalue weighted by molar-refractivity contribution is 5.79. The van der Waals surface area contributed by atoms with Crippen molar-refractivity contribution in [2.75, 3.05) is 13.6 Å². The van der Waals surface area contributed by atoms with Crippen LogP contribution in [0.2, 0.25) is 0 Å². The Morgan fingerprint density at radius 2 is 2.00 bits per heavy atom. The molecule has 4 rings (SSSR count). The van der Waals surface area contributed by atoms with E-state index in [1.807, 2.05) is 19.2 Å². The highest BCUT2D eigenvalue weighted by Gasteiger charge is 2.26. The molecule has 3 heterocycles. The molecule has 2 N–H and O–H groups in total. The Morgan fingerprint density at radius 3 is 2.73 bits per heavy atom. The molecule has 158 valence electrons. The largest absolute Gasteiger partial charge is 0.354 e. The van der Waals surface area contributed by atoms with E-state index in [0.29, 0.717) is 18.6 Å². The van der Waals surface area contributed by atoms with Crippen LogP contribution in [0.15, 0.2) is 59.7 Å². The molecule has 30 heavy (non-hydrogen) atoms. The van der Waals surface area contributed by atoms with E-state index in [2.05, 4.69) is 81.4 Å². The molecule has 1 aliphatic heterocycles. The number of guanidine groups is 1. The Morgan fingerprint density at radius 1 is 1.17 bits per heavy atom. The first-order valence-electron chi connectivity index (χ1n) is 10.8. The molecule has 2 aromatic heterocycles. The first kappa shape index (κ1) is 20.4. The van der Waals surface area contributed by atoms with Gasteiger partial charge in [-0.05, 0) is 44.4 Å². The molecule has 6 nitrogen and oxygen atoms in total. The molecule has 6 heteroatoms. The molecule has 1 aliphatic rings. The summed E-state index contributed by atoms with van der Waals surface area (Å²) in [5, 5.41) is 7.04. The molecule has 1 fully saturated rings. The summed E-state index contributed by atoms with van der Waals surface area (Å²) in [6.07, 6.45) is 4.32. The number of aliphatic imine (C=N–C) groups is 1. The average Bonchev–Trinajstić information content (AvgIpc) is 3.18. The SMILES string of the molecule is CN=C(NCc1cn2c(C)cccc2n1)NC1CCN(Cc2ccccc2)C(C)C1. The minimum absolute atomic E-state index is 0.432. The van der Waals surface area contributed by atoms with Crippen molar-refractivity contribution in [3.63, 3.8) is 0 Å². The monoisotopic (exact) mass is 404 g/mol. The van der Waals surface area contributed by atoms with E-state index in [9.17, 15) is 0 Å². The summed E-state index contributed by atoms with van der Waals surface area (Å²) < 4.78 is 2.12. The van der Waals surface area contributed by atoms with Gasteiger partial charge in [-0.1, -0.05) is 36.4 Å². The van der Waals surface area contributed by atoms with Crippen LogP contribution in [-0.4, -0.2) is 45.9 Å². The second-order valence-corrected chi connectivity index (χ2v) is 8.22. The van der Waals surface area contributed by atoms with Crippen LogP contribution in [0.1, 0.15) is 36.7 Å². The smallest absolute Gasteiger partial charge is 0.191 e. The van der Waals surface area contributed by atoms with E-state index >= 15 is 0 Å². The van der Waals surface area contributed by atoms with Crippen molar-refractivity contribution in [1.29, 1.82) is 0 Å². The first-order valence-corrected chi connectivity index (χ1v) is 10.8. The Labute approximate surface area is 179 Å². The number of hydrogen-bond acceptors (Lipinski definition) is 3. The summed E-state index contributed by atoms with van der Waals surface area (Å²) in [5.41, 5.74) is 4.56. The average molecular weight is 405 g/mol. The van der Waals surface area contributed by atoms with Crippen molar-refractivity contribution in [3.05, 3.63) is 71.7 Å². The predicted octanol–water partition coefficient (Wildman–Crippen LogP) is 3.36. The normalized spacial score (nSPS) is 20.4. The van der Waals surface area contributed by atoms with Crippen molar-refractivity contribution < 1.29 is 0 Å². The van der Waals surface area contributed by atoms with E-state index in [4.69, 9.17) is 4.98 Å². The van der Waals surface area contributed by atoms with Crippen molar-refractivity contribution in [3.8, 4) is 0 Å². The van der Waals surface area contributed by atoms with Gasteiger partial charge in [-0.15, -0.1) is 0 Å². The van der Waals surface area contributed by atoms with Gasteiger partial charge in [-0.3, -0.25) is 9.89 Å². The fourth-order valence-electron chi connectivity index (χ4n) is 4.25. The van der Waals surface area contributed by atoms with Crippen LogP contribution in [0.3, 0.4) is 0 Å². The van der Waals surface area contributed by atoms with Gasteiger partial charge >= 0.3 is 0 Å². The molecule has 0 spiro atoms. The van der Waals surface area contributed by atoms with Gasteiger partial charge in [-0.2, -0.15) is 0 Å². The molecule has 0 saturated carbocycles. The van der Waals surface area contributed by atoms with Crippen LogP contribution in [0.5, 0.6) is 0 Å². The lowest BCUT2D eigenvalue weighted by atomic mass is 9.97. The second kappa shape index (κ2) is 9.30. The van der Waals surface area contributed by atoms with Gasteiger partial charge < -0.3 is 15.0 Å². The van der Waals surface area contributed by atoms with Gasteiger partial charge in [0.1, 0.15) is 5.65 Å². The standard InChI is InChI=1S/C24H32N6/c1-18-8-7-11-23-27-22(17-30(18)23)15-26-24(25-3)28-21-12-13-29(19(2)14-21)16-20-9-5-4-6-10-20/h4-11,17,19,21H,12-16H2,1-3H3,(H2,25,26,28). The first-order chi connectivity index (χ1) is 14.6. The predicted molar refractivity (Wildman–Crippen MR) is 123 cm³/mol. The Kier molecular flexibility index (Phi) is 6.33. The van der Waals surface area contributed by atoms with Gasteiger partial charge in [0.25, 0.3) is 0 Å². The van der Waals surface area contributed by atoms with Crippen LogP contribution in [0.4, 0.5) is 0 Å². The highest BCUT2D eigenvalue weighted by atomic mass is 15.2. The molecule has 2 unspecified atom stereocenters. The zero-order valence-electron chi connectivity index (χ0n) is 18.2. The molecule has 0 aliphatic carbocycles. The van der Waals surface area contributed by atoms with Crippen LogP contribution in [0, 0.1) is 6.92 Å². The van der Waals surface area contributed by atoms with Crippen LogP contribution in [0.25, 0.3) is 5.65 Å². The van der Waals surface area contributed by atoms with E-state index < -0.39 is 0 Å². The number of fused-ring (bicyclic) bond motifs is 1. The summed E-state index contributed by atoms with van der Waals surface area (Å²) >= 11 is 0. The van der Waals surface area contributed by atoms with Gasteiger partial charge in [0.2, 0.25) is 0 Å². The lowest BCUT2D eigenvalue weighted by molar-refractivity contribution is 0.134. The number of hydrogen-bond donors (Lipinski definition) is 2. The number of nitrogens with zero attached hydrogens (tertiary/aromatic N) is 4. The maximum Gasteiger partial charge on any atom is 0.191 e. The third kappa shape index (κ3) is 4.82. The molecule has 3 aromatic rings. The molecule has 2 atom stereocenters. The summed E-state index contributed by atoms with van der Waals surface area (Å²) in [4.78, 5) is 11.7. The number of piperidine rings is 1. The van der Waals surface area contributed by atoms with Crippen LogP contribution in [-0.2, 0) is 13.1 Å². The van der Waals surface area contributed by atoms with E-state index in [0.717, 1.165) is 43.2 Å². The van der Waals surface area contributed by atoms with E-state index in [-0.39, 0.29) is 0 Å². The fourth-order valence-corrected chi connectivity index (χ4v) is 4.25. The fraction of sp³-hybridized carbons (Fsp3) is 0.417. The molecular weight excluding hydrogens is 372 g/mol. The third-order valence-electron chi connectivity index (χ3n) is 5.99. The van der Waals surface area contributed by atoms with Crippen molar-refractivity contribution in [1.82, 2.24) is 24.9 Å². The van der Waals surface area contributed by atoms with Gasteiger partial charge in [-0.25, -0.2) is 4.98 Å². The zero-order valence-corrected chi connectivity index (χ0v) is 18.2. The molecular formula is C24H32N6. The molecule has 1 saturated heterocycles. The maximum atomic E-state index is 4.70. The summed E-state index contributed by atoms with van der Waals surface area (Å²) in [6, 6.07) is 17.9. The quantitative estimate of drug-likeness (QED) is 0.506. The number of nitrogens with one attached hydrogen (secondary N) is 2. The van der Waals surface area contributed by atoms with Crippen molar-refractivity contribution in [2.24, 2.45) is 4.99 Å². The van der Waals surface area contributed by atoms with Crippen LogP contribution < -0.4 is 10.6 Å². The number of aryl methyl sites for hydroxylation is 1. The van der Waals surface area contributed by atoms with Crippen molar-refractivity contribution in [2.45, 2.75) is 51.9 Å². The minimum atomic E-state index is 0.432. The molecule has 0 radical (unpaired) electrons. The molecule has 1 aromatic carbocycles. The topological polar surface area (TPSA) is 57.0 Å². The summed E-state index contributed by atoms with van der Waals surface area (Å²) in [6.45, 7) is 7.19. The van der Waals surface area contributed by atoms with E-state index in [1.165, 1.54) is 11.3 Å². The van der Waals surface area contributed by atoms with E-state index in [1.54, 1.807) is 0 Å². The zero-order chi connectivity index (χ0) is 20.9. The molecule has 0 bridgehead atoms. The van der Waals surface area contributed by atoms with Gasteiger partial charge in [0.15, 0.2) is 5.96 Å². The number of likely N-dealkylation sites (tertiary alicyclic amines) is 1. The third-order valence-corrected chi connectivity index (χ3v) is 5.99. The number of aromatic nitrogens is 2. The lowest BCUT2D eigenvalue weighted by Crippen LogP contribution is -2.51. The van der Waals surface area contributed by atoms with Gasteiger partial charge in [0, 0.05) is 44.1 Å². The van der Waals surface area contributed by atoms with Gasteiger partial charge in [0.05, 0.1) is 12.2 Å². The maximum absolute atomic E-state index is 4.70. The Balaban J connectivity index is 1.29. The number of pyridine rings is 1. The van der Waals surface area contributed by atoms with Crippen molar-refractivity contribution >= 4 is 11.6 Å². The Bertz CT molecular complexity index is 993. The summed E-state index contributed by atoms with van der Waals surface area (Å²) in [7, 11) is 1.83. The minimum Gasteiger partial charge on any atom is -0.354 e. The lowest BCUT2D eigenvalue weighted by Gasteiger charge is -2.38. The highest BCUT2D eigenvalue weighted by Crippen LogP contribution is 2.20. The second-order valence-electron chi connectivity index (χ2n) is 8.22.